The molecule has 2 fully saturated rings. The average molecular weight is 303 g/mol. The van der Waals surface area contributed by atoms with E-state index in [1.807, 2.05) is 0 Å². The summed E-state index contributed by atoms with van der Waals surface area (Å²) in [5, 5.41) is 3.18. The SMILES string of the molecule is COc1cc(C(=O)NC2C[C@@H]3CCN(C)C[C@@H]3C2)ccc1N. The minimum atomic E-state index is -0.0321. The molecule has 0 radical (unpaired) electrons. The number of fused-ring (bicyclic) bond motifs is 1. The quantitative estimate of drug-likeness (QED) is 0.835. The average Bonchev–Trinajstić information content (AvgIpc) is 2.88. The molecule has 1 amide bonds. The van der Waals surface area contributed by atoms with Crippen LogP contribution in [0.3, 0.4) is 0 Å². The molecule has 1 aliphatic carbocycles. The highest BCUT2D eigenvalue weighted by atomic mass is 16.5. The number of amides is 1. The Morgan fingerprint density at radius 2 is 2.14 bits per heavy atom. The molecule has 5 nitrogen and oxygen atoms in total. The molecule has 3 N–H and O–H groups in total. The number of methoxy groups -OCH3 is 1. The number of ether oxygens (including phenoxy) is 1. The van der Waals surface area contributed by atoms with E-state index in [0.717, 1.165) is 31.2 Å². The molecule has 0 spiro atoms. The van der Waals surface area contributed by atoms with E-state index in [4.69, 9.17) is 10.5 Å². The molecule has 120 valence electrons. The second kappa shape index (κ2) is 6.16. The van der Waals surface area contributed by atoms with Crippen LogP contribution in [0.4, 0.5) is 5.69 Å². The lowest BCUT2D eigenvalue weighted by Gasteiger charge is -2.31. The largest absolute Gasteiger partial charge is 0.495 e. The summed E-state index contributed by atoms with van der Waals surface area (Å²) in [5.41, 5.74) is 6.95. The zero-order valence-corrected chi connectivity index (χ0v) is 13.3. The van der Waals surface area contributed by atoms with Crippen LogP contribution in [0.1, 0.15) is 29.6 Å². The third kappa shape index (κ3) is 3.04. The molecule has 0 aromatic heterocycles. The summed E-state index contributed by atoms with van der Waals surface area (Å²) in [7, 11) is 3.74. The maximum Gasteiger partial charge on any atom is 0.251 e. The number of anilines is 1. The Balaban J connectivity index is 1.63. The molecular weight excluding hydrogens is 278 g/mol. The Labute approximate surface area is 131 Å². The first-order valence-corrected chi connectivity index (χ1v) is 7.99. The molecule has 1 heterocycles. The number of hydrogen-bond donors (Lipinski definition) is 2. The molecule has 1 aliphatic heterocycles. The van der Waals surface area contributed by atoms with Crippen LogP contribution < -0.4 is 15.8 Å². The van der Waals surface area contributed by atoms with Gasteiger partial charge in [0.15, 0.2) is 0 Å². The molecule has 2 aliphatic rings. The summed E-state index contributed by atoms with van der Waals surface area (Å²) < 4.78 is 5.18. The topological polar surface area (TPSA) is 67.6 Å². The van der Waals surface area contributed by atoms with E-state index >= 15 is 0 Å². The zero-order chi connectivity index (χ0) is 15.7. The fourth-order valence-corrected chi connectivity index (χ4v) is 3.91. The number of nitrogen functional groups attached to an aromatic ring is 1. The van der Waals surface area contributed by atoms with Crippen LogP contribution in [-0.2, 0) is 0 Å². The van der Waals surface area contributed by atoms with Gasteiger partial charge in [0.2, 0.25) is 0 Å². The van der Waals surface area contributed by atoms with Crippen molar-refractivity contribution >= 4 is 11.6 Å². The number of carbonyl (C=O) groups is 1. The number of rotatable bonds is 3. The molecule has 1 aromatic carbocycles. The normalized spacial score (nSPS) is 28.2. The van der Waals surface area contributed by atoms with Crippen LogP contribution in [0.25, 0.3) is 0 Å². The molecule has 0 bridgehead atoms. The van der Waals surface area contributed by atoms with E-state index < -0.39 is 0 Å². The van der Waals surface area contributed by atoms with Crippen LogP contribution in [0, 0.1) is 11.8 Å². The first-order valence-electron chi connectivity index (χ1n) is 7.99. The van der Waals surface area contributed by atoms with Crippen molar-refractivity contribution in [3.05, 3.63) is 23.8 Å². The Hall–Kier alpha value is -1.75. The molecule has 5 heteroatoms. The highest BCUT2D eigenvalue weighted by molar-refractivity contribution is 5.95. The molecule has 3 rings (SSSR count). The number of benzene rings is 1. The lowest BCUT2D eigenvalue weighted by atomic mass is 9.89. The molecule has 1 saturated heterocycles. The van der Waals surface area contributed by atoms with E-state index in [1.165, 1.54) is 13.0 Å². The lowest BCUT2D eigenvalue weighted by molar-refractivity contribution is 0.0936. The van der Waals surface area contributed by atoms with Gasteiger partial charge in [-0.25, -0.2) is 0 Å². The summed E-state index contributed by atoms with van der Waals surface area (Å²) in [6.45, 7) is 2.34. The first kappa shape index (κ1) is 15.2. The van der Waals surface area contributed by atoms with E-state index in [9.17, 15) is 4.79 Å². The third-order valence-electron chi connectivity index (χ3n) is 5.10. The number of piperidine rings is 1. The van der Waals surface area contributed by atoms with E-state index in [0.29, 0.717) is 17.0 Å². The summed E-state index contributed by atoms with van der Waals surface area (Å²) in [4.78, 5) is 14.8. The van der Waals surface area contributed by atoms with Gasteiger partial charge in [0.25, 0.3) is 5.91 Å². The number of carbonyl (C=O) groups excluding carboxylic acids is 1. The number of nitrogens with one attached hydrogen (secondary N) is 1. The van der Waals surface area contributed by atoms with Crippen molar-refractivity contribution in [2.45, 2.75) is 25.3 Å². The maximum atomic E-state index is 12.4. The molecule has 22 heavy (non-hydrogen) atoms. The second-order valence-electron chi connectivity index (χ2n) is 6.67. The van der Waals surface area contributed by atoms with Gasteiger partial charge in [0.05, 0.1) is 12.8 Å². The lowest BCUT2D eigenvalue weighted by Crippen LogP contribution is -2.35. The van der Waals surface area contributed by atoms with Gasteiger partial charge >= 0.3 is 0 Å². The summed E-state index contributed by atoms with van der Waals surface area (Å²) in [6, 6.07) is 5.47. The maximum absolute atomic E-state index is 12.4. The monoisotopic (exact) mass is 303 g/mol. The minimum Gasteiger partial charge on any atom is -0.495 e. The Morgan fingerprint density at radius 1 is 1.36 bits per heavy atom. The molecule has 1 aromatic rings. The summed E-state index contributed by atoms with van der Waals surface area (Å²) >= 11 is 0. The molecule has 1 saturated carbocycles. The van der Waals surface area contributed by atoms with Crippen LogP contribution in [-0.4, -0.2) is 44.1 Å². The predicted molar refractivity (Wildman–Crippen MR) is 87.0 cm³/mol. The van der Waals surface area contributed by atoms with Gasteiger partial charge in [-0.2, -0.15) is 0 Å². The number of nitrogens with zero attached hydrogens (tertiary/aromatic N) is 1. The van der Waals surface area contributed by atoms with Crippen molar-refractivity contribution in [2.75, 3.05) is 33.0 Å². The highest BCUT2D eigenvalue weighted by Crippen LogP contribution is 2.37. The molecule has 3 atom stereocenters. The van der Waals surface area contributed by atoms with Crippen LogP contribution in [0.2, 0.25) is 0 Å². The predicted octanol–water partition coefficient (Wildman–Crippen LogP) is 1.74. The van der Waals surface area contributed by atoms with Crippen molar-refractivity contribution in [3.8, 4) is 5.75 Å². The van der Waals surface area contributed by atoms with Crippen LogP contribution in [0.5, 0.6) is 5.75 Å². The van der Waals surface area contributed by atoms with Crippen molar-refractivity contribution in [1.29, 1.82) is 0 Å². The third-order valence-corrected chi connectivity index (χ3v) is 5.10. The first-order chi connectivity index (χ1) is 10.6. The highest BCUT2D eigenvalue weighted by Gasteiger charge is 2.37. The number of likely N-dealkylation sites (tertiary alicyclic amines) is 1. The smallest absolute Gasteiger partial charge is 0.251 e. The van der Waals surface area contributed by atoms with Crippen molar-refractivity contribution in [2.24, 2.45) is 11.8 Å². The van der Waals surface area contributed by atoms with Gasteiger partial charge in [-0.15, -0.1) is 0 Å². The van der Waals surface area contributed by atoms with Crippen molar-refractivity contribution < 1.29 is 9.53 Å². The van der Waals surface area contributed by atoms with Gasteiger partial charge in [-0.1, -0.05) is 0 Å². The Bertz CT molecular complexity index is 561. The molecular formula is C17H25N3O2. The Kier molecular flexibility index (Phi) is 4.25. The van der Waals surface area contributed by atoms with E-state index in [2.05, 4.69) is 17.3 Å². The van der Waals surface area contributed by atoms with Gasteiger partial charge in [-0.05, 0) is 62.9 Å². The standard InChI is InChI=1S/C17H25N3O2/c1-20-6-5-11-7-14(8-13(11)10-20)19-17(21)12-3-4-15(18)16(9-12)22-2/h3-4,9,11,13-14H,5-8,10,18H2,1-2H3,(H,19,21)/t11-,13-,14?/m0/s1. The van der Waals surface area contributed by atoms with Gasteiger partial charge < -0.3 is 20.7 Å². The van der Waals surface area contributed by atoms with E-state index in [1.54, 1.807) is 25.3 Å². The fourth-order valence-electron chi connectivity index (χ4n) is 3.91. The Morgan fingerprint density at radius 3 is 2.91 bits per heavy atom. The summed E-state index contributed by atoms with van der Waals surface area (Å²) in [6.07, 6.45) is 3.45. The minimum absolute atomic E-state index is 0.0321. The zero-order valence-electron chi connectivity index (χ0n) is 13.3. The second-order valence-corrected chi connectivity index (χ2v) is 6.67. The molecule has 1 unspecified atom stereocenters. The number of hydrogen-bond acceptors (Lipinski definition) is 4. The fraction of sp³-hybridized carbons (Fsp3) is 0.588. The van der Waals surface area contributed by atoms with Gasteiger partial charge in [-0.3, -0.25) is 4.79 Å². The van der Waals surface area contributed by atoms with Crippen LogP contribution >= 0.6 is 0 Å². The van der Waals surface area contributed by atoms with Crippen molar-refractivity contribution in [3.63, 3.8) is 0 Å². The van der Waals surface area contributed by atoms with Crippen LogP contribution in [0.15, 0.2) is 18.2 Å². The van der Waals surface area contributed by atoms with Crippen molar-refractivity contribution in [1.82, 2.24) is 10.2 Å². The van der Waals surface area contributed by atoms with Gasteiger partial charge in [0.1, 0.15) is 5.75 Å². The van der Waals surface area contributed by atoms with Gasteiger partial charge in [0, 0.05) is 18.2 Å². The number of nitrogens with two attached hydrogens (primary N) is 1. The summed E-state index contributed by atoms with van der Waals surface area (Å²) in [5.74, 6) is 2.01. The van der Waals surface area contributed by atoms with E-state index in [-0.39, 0.29) is 11.9 Å².